The van der Waals surface area contributed by atoms with Gasteiger partial charge in [-0.25, -0.2) is 9.59 Å². The molecule has 21 heavy (non-hydrogen) atoms. The summed E-state index contributed by atoms with van der Waals surface area (Å²) in [5.41, 5.74) is -1.25. The van der Waals surface area contributed by atoms with Crippen LogP contribution in [0.4, 0.5) is 4.79 Å². The lowest BCUT2D eigenvalue weighted by Gasteiger charge is -2.29. The van der Waals surface area contributed by atoms with Crippen LogP contribution in [-0.2, 0) is 14.3 Å². The summed E-state index contributed by atoms with van der Waals surface area (Å²) in [5, 5.41) is 9.30. The molecule has 1 N–H and O–H groups in total. The molecule has 0 aromatic carbocycles. The van der Waals surface area contributed by atoms with E-state index in [-0.39, 0.29) is 12.5 Å². The fraction of sp³-hybridized carbons (Fsp3) is 0.867. The van der Waals surface area contributed by atoms with Crippen LogP contribution in [0.5, 0.6) is 0 Å². The monoisotopic (exact) mass is 301 g/mol. The van der Waals surface area contributed by atoms with Crippen molar-refractivity contribution < 1.29 is 24.2 Å². The largest absolute Gasteiger partial charge is 0.458 e. The van der Waals surface area contributed by atoms with Gasteiger partial charge in [0.2, 0.25) is 0 Å². The Hall–Kier alpha value is -1.30. The zero-order chi connectivity index (χ0) is 16.4. The van der Waals surface area contributed by atoms with E-state index in [4.69, 9.17) is 9.47 Å². The number of carbonyl (C=O) groups excluding carboxylic acids is 2. The standard InChI is InChI=1S/C15H27NO5/c1-14(2,3)20-12(18)11-7-10(9-17)8-16(11)13(19)21-15(4,5)6/h10-11,17H,7-9H2,1-6H3/t10-,11-/m0/s1. The molecular formula is C15H27NO5. The first-order valence-electron chi connectivity index (χ1n) is 7.26. The SMILES string of the molecule is CC(C)(C)OC(=O)[C@@H]1C[C@H](CO)CN1C(=O)OC(C)(C)C. The highest BCUT2D eigenvalue weighted by Crippen LogP contribution is 2.27. The summed E-state index contributed by atoms with van der Waals surface area (Å²) in [6.07, 6.45) is -0.153. The van der Waals surface area contributed by atoms with Crippen LogP contribution in [-0.4, -0.2) is 52.5 Å². The van der Waals surface area contributed by atoms with E-state index >= 15 is 0 Å². The van der Waals surface area contributed by atoms with Gasteiger partial charge in [0.15, 0.2) is 0 Å². The normalized spacial score (nSPS) is 23.1. The third-order valence-electron chi connectivity index (χ3n) is 2.95. The fourth-order valence-electron chi connectivity index (χ4n) is 2.17. The zero-order valence-corrected chi connectivity index (χ0v) is 13.8. The Bertz CT molecular complexity index is 358. The minimum absolute atomic E-state index is 0.0708. The van der Waals surface area contributed by atoms with Crippen molar-refractivity contribution in [2.75, 3.05) is 13.2 Å². The lowest BCUT2D eigenvalue weighted by molar-refractivity contribution is -0.160. The number of ether oxygens (including phenoxy) is 2. The third kappa shape index (κ3) is 5.53. The van der Waals surface area contributed by atoms with Crippen LogP contribution >= 0.6 is 0 Å². The molecule has 6 nitrogen and oxygen atoms in total. The molecule has 0 saturated carbocycles. The van der Waals surface area contributed by atoms with Gasteiger partial charge in [0, 0.05) is 19.1 Å². The summed E-state index contributed by atoms with van der Waals surface area (Å²) < 4.78 is 10.7. The summed E-state index contributed by atoms with van der Waals surface area (Å²) >= 11 is 0. The smallest absolute Gasteiger partial charge is 0.411 e. The van der Waals surface area contributed by atoms with Crippen LogP contribution in [0, 0.1) is 5.92 Å². The molecule has 0 radical (unpaired) electrons. The predicted octanol–water partition coefficient (Wildman–Crippen LogP) is 1.95. The van der Waals surface area contributed by atoms with Crippen molar-refractivity contribution in [2.24, 2.45) is 5.92 Å². The van der Waals surface area contributed by atoms with Crippen molar-refractivity contribution in [1.29, 1.82) is 0 Å². The highest BCUT2D eigenvalue weighted by Gasteiger charge is 2.43. The first kappa shape index (κ1) is 17.8. The van der Waals surface area contributed by atoms with Crippen molar-refractivity contribution in [3.8, 4) is 0 Å². The number of hydrogen-bond acceptors (Lipinski definition) is 5. The van der Waals surface area contributed by atoms with E-state index < -0.39 is 29.3 Å². The van der Waals surface area contributed by atoms with E-state index in [2.05, 4.69) is 0 Å². The van der Waals surface area contributed by atoms with Crippen molar-refractivity contribution in [1.82, 2.24) is 4.90 Å². The van der Waals surface area contributed by atoms with Crippen LogP contribution in [0.25, 0.3) is 0 Å². The molecule has 1 fully saturated rings. The molecule has 0 aliphatic carbocycles. The van der Waals surface area contributed by atoms with Crippen molar-refractivity contribution in [3.63, 3.8) is 0 Å². The van der Waals surface area contributed by atoms with Gasteiger partial charge in [-0.05, 0) is 48.0 Å². The summed E-state index contributed by atoms with van der Waals surface area (Å²) in [4.78, 5) is 25.8. The average molecular weight is 301 g/mol. The van der Waals surface area contributed by atoms with Gasteiger partial charge in [0.25, 0.3) is 0 Å². The molecule has 6 heteroatoms. The second-order valence-electron chi connectivity index (χ2n) is 7.47. The molecule has 0 spiro atoms. The van der Waals surface area contributed by atoms with Gasteiger partial charge < -0.3 is 14.6 Å². The molecule has 1 rings (SSSR count). The van der Waals surface area contributed by atoms with E-state index in [1.807, 2.05) is 0 Å². The maximum atomic E-state index is 12.2. The summed E-state index contributed by atoms with van der Waals surface area (Å²) in [6, 6.07) is -0.698. The van der Waals surface area contributed by atoms with Crippen LogP contribution in [0.1, 0.15) is 48.0 Å². The Morgan fingerprint density at radius 1 is 1.10 bits per heavy atom. The van der Waals surface area contributed by atoms with Crippen molar-refractivity contribution >= 4 is 12.1 Å². The van der Waals surface area contributed by atoms with Gasteiger partial charge in [-0.15, -0.1) is 0 Å². The van der Waals surface area contributed by atoms with E-state index in [9.17, 15) is 14.7 Å². The summed E-state index contributed by atoms with van der Waals surface area (Å²) in [7, 11) is 0. The Morgan fingerprint density at radius 3 is 2.05 bits per heavy atom. The predicted molar refractivity (Wildman–Crippen MR) is 77.8 cm³/mol. The average Bonchev–Trinajstić information content (AvgIpc) is 2.68. The molecule has 0 aromatic heterocycles. The Morgan fingerprint density at radius 2 is 1.62 bits per heavy atom. The molecular weight excluding hydrogens is 274 g/mol. The first-order chi connectivity index (χ1) is 9.43. The number of rotatable bonds is 2. The van der Waals surface area contributed by atoms with Gasteiger partial charge in [-0.2, -0.15) is 0 Å². The van der Waals surface area contributed by atoms with Crippen LogP contribution < -0.4 is 0 Å². The van der Waals surface area contributed by atoms with Crippen LogP contribution in [0.2, 0.25) is 0 Å². The number of amides is 1. The van der Waals surface area contributed by atoms with Gasteiger partial charge in [0.1, 0.15) is 17.2 Å². The third-order valence-corrected chi connectivity index (χ3v) is 2.95. The van der Waals surface area contributed by atoms with Crippen molar-refractivity contribution in [2.45, 2.75) is 65.2 Å². The molecule has 0 unspecified atom stereocenters. The quantitative estimate of drug-likeness (QED) is 0.789. The number of aliphatic hydroxyl groups excluding tert-OH is 1. The van der Waals surface area contributed by atoms with E-state index in [1.54, 1.807) is 41.5 Å². The van der Waals surface area contributed by atoms with Crippen LogP contribution in [0.15, 0.2) is 0 Å². The fourth-order valence-corrected chi connectivity index (χ4v) is 2.17. The van der Waals surface area contributed by atoms with Gasteiger partial charge in [-0.3, -0.25) is 4.90 Å². The summed E-state index contributed by atoms with van der Waals surface area (Å²) in [6.45, 7) is 10.9. The number of aliphatic hydroxyl groups is 1. The van der Waals surface area contributed by atoms with Gasteiger partial charge >= 0.3 is 12.1 Å². The van der Waals surface area contributed by atoms with Gasteiger partial charge in [-0.1, -0.05) is 0 Å². The number of carbonyl (C=O) groups is 2. The second-order valence-corrected chi connectivity index (χ2v) is 7.47. The van der Waals surface area contributed by atoms with Gasteiger partial charge in [0.05, 0.1) is 0 Å². The Labute approximate surface area is 126 Å². The minimum atomic E-state index is -0.698. The number of hydrogen-bond donors (Lipinski definition) is 1. The lowest BCUT2D eigenvalue weighted by Crippen LogP contribution is -2.45. The molecule has 0 aromatic rings. The number of nitrogens with zero attached hydrogens (tertiary/aromatic N) is 1. The summed E-state index contributed by atoms with van der Waals surface area (Å²) in [5.74, 6) is -0.584. The van der Waals surface area contributed by atoms with Crippen LogP contribution in [0.3, 0.4) is 0 Å². The van der Waals surface area contributed by atoms with E-state index in [0.29, 0.717) is 13.0 Å². The molecule has 1 heterocycles. The van der Waals surface area contributed by atoms with E-state index in [1.165, 1.54) is 4.90 Å². The Kier molecular flexibility index (Phi) is 5.25. The minimum Gasteiger partial charge on any atom is -0.458 e. The molecule has 1 amide bonds. The molecule has 122 valence electrons. The molecule has 1 saturated heterocycles. The first-order valence-corrected chi connectivity index (χ1v) is 7.26. The lowest BCUT2D eigenvalue weighted by atomic mass is 10.1. The molecule has 1 aliphatic heterocycles. The molecule has 0 bridgehead atoms. The maximum absolute atomic E-state index is 12.2. The second kappa shape index (κ2) is 6.22. The highest BCUT2D eigenvalue weighted by atomic mass is 16.6. The highest BCUT2D eigenvalue weighted by molar-refractivity contribution is 5.82. The molecule has 1 aliphatic rings. The van der Waals surface area contributed by atoms with E-state index in [0.717, 1.165) is 0 Å². The number of likely N-dealkylation sites (tertiary alicyclic amines) is 1. The number of esters is 1. The Balaban J connectivity index is 2.83. The van der Waals surface area contributed by atoms with Crippen molar-refractivity contribution in [3.05, 3.63) is 0 Å². The zero-order valence-electron chi connectivity index (χ0n) is 13.8. The topological polar surface area (TPSA) is 76.1 Å². The molecule has 2 atom stereocenters. The maximum Gasteiger partial charge on any atom is 0.411 e.